The average Bonchev–Trinajstić information content (AvgIpc) is 2.70. The summed E-state index contributed by atoms with van der Waals surface area (Å²) in [6, 6.07) is 4.54. The van der Waals surface area contributed by atoms with Gasteiger partial charge in [-0.3, -0.25) is 0 Å². The second-order valence-corrected chi connectivity index (χ2v) is 5.23. The molecule has 0 fully saturated rings. The molecule has 17 heavy (non-hydrogen) atoms. The van der Waals surface area contributed by atoms with Gasteiger partial charge in [0.05, 0.1) is 5.02 Å². The Bertz CT molecular complexity index is 543. The number of halogens is 2. The van der Waals surface area contributed by atoms with Crippen LogP contribution in [0.5, 0.6) is 0 Å². The Hall–Kier alpha value is -1.42. The van der Waals surface area contributed by atoms with Gasteiger partial charge in [-0.2, -0.15) is 0 Å². The van der Waals surface area contributed by atoms with Crippen molar-refractivity contribution >= 4 is 11.6 Å². The third kappa shape index (κ3) is 2.31. The van der Waals surface area contributed by atoms with Crippen molar-refractivity contribution in [1.82, 2.24) is 14.8 Å². The second kappa shape index (κ2) is 4.11. The van der Waals surface area contributed by atoms with Crippen LogP contribution in [0.3, 0.4) is 0 Å². The lowest BCUT2D eigenvalue weighted by atomic mass is 10.1. The van der Waals surface area contributed by atoms with Gasteiger partial charge in [-0.05, 0) is 39.0 Å². The van der Waals surface area contributed by atoms with Crippen molar-refractivity contribution in [2.24, 2.45) is 0 Å². The number of benzene rings is 1. The quantitative estimate of drug-likeness (QED) is 0.779. The topological polar surface area (TPSA) is 30.7 Å². The van der Waals surface area contributed by atoms with Crippen LogP contribution in [0.2, 0.25) is 5.02 Å². The van der Waals surface area contributed by atoms with E-state index in [2.05, 4.69) is 10.2 Å². The number of hydrogen-bond acceptors (Lipinski definition) is 2. The van der Waals surface area contributed by atoms with E-state index in [-0.39, 0.29) is 10.6 Å². The van der Waals surface area contributed by atoms with Crippen LogP contribution in [0.4, 0.5) is 4.39 Å². The van der Waals surface area contributed by atoms with E-state index in [1.165, 1.54) is 6.07 Å². The molecule has 0 aliphatic rings. The van der Waals surface area contributed by atoms with Gasteiger partial charge in [0.2, 0.25) is 0 Å². The molecule has 0 N–H and O–H groups in total. The minimum atomic E-state index is -0.433. The van der Waals surface area contributed by atoms with Gasteiger partial charge in [-0.1, -0.05) is 11.6 Å². The maximum Gasteiger partial charge on any atom is 0.164 e. The molecule has 2 rings (SSSR count). The van der Waals surface area contributed by atoms with Gasteiger partial charge in [0.15, 0.2) is 5.82 Å². The average molecular weight is 254 g/mol. The maximum atomic E-state index is 13.1. The van der Waals surface area contributed by atoms with E-state index in [0.717, 1.165) is 5.56 Å². The fraction of sp³-hybridized carbons (Fsp3) is 0.333. The largest absolute Gasteiger partial charge is 0.308 e. The zero-order valence-electron chi connectivity index (χ0n) is 9.91. The van der Waals surface area contributed by atoms with Gasteiger partial charge in [0.25, 0.3) is 0 Å². The van der Waals surface area contributed by atoms with Crippen LogP contribution in [0.25, 0.3) is 11.4 Å². The molecule has 0 spiro atoms. The van der Waals surface area contributed by atoms with Crippen LogP contribution in [0.15, 0.2) is 24.5 Å². The first-order valence-corrected chi connectivity index (χ1v) is 5.63. The van der Waals surface area contributed by atoms with Crippen molar-refractivity contribution in [2.45, 2.75) is 26.3 Å². The molecule has 0 unspecified atom stereocenters. The lowest BCUT2D eigenvalue weighted by Crippen LogP contribution is -2.21. The van der Waals surface area contributed by atoms with Gasteiger partial charge in [-0.25, -0.2) is 4.39 Å². The summed E-state index contributed by atoms with van der Waals surface area (Å²) in [7, 11) is 0. The molecule has 3 nitrogen and oxygen atoms in total. The monoisotopic (exact) mass is 253 g/mol. The lowest BCUT2D eigenvalue weighted by molar-refractivity contribution is 0.400. The van der Waals surface area contributed by atoms with E-state index in [0.29, 0.717) is 5.82 Å². The molecule has 0 radical (unpaired) electrons. The molecular weight excluding hydrogens is 241 g/mol. The summed E-state index contributed by atoms with van der Waals surface area (Å²) in [5.41, 5.74) is 0.614. The van der Waals surface area contributed by atoms with Crippen LogP contribution < -0.4 is 0 Å². The molecule has 0 bridgehead atoms. The van der Waals surface area contributed by atoms with E-state index in [1.807, 2.05) is 25.3 Å². The first-order chi connectivity index (χ1) is 7.89. The van der Waals surface area contributed by atoms with Gasteiger partial charge in [-0.15, -0.1) is 10.2 Å². The highest BCUT2D eigenvalue weighted by Gasteiger charge is 2.19. The third-order valence-electron chi connectivity index (χ3n) is 2.45. The Balaban J connectivity index is 2.54. The van der Waals surface area contributed by atoms with Gasteiger partial charge in [0.1, 0.15) is 12.1 Å². The highest BCUT2D eigenvalue weighted by molar-refractivity contribution is 6.31. The summed E-state index contributed by atoms with van der Waals surface area (Å²) in [6.45, 7) is 6.14. The summed E-state index contributed by atoms with van der Waals surface area (Å²) in [5.74, 6) is 0.247. The molecule has 0 saturated carbocycles. The predicted molar refractivity (Wildman–Crippen MR) is 65.4 cm³/mol. The SMILES string of the molecule is CC(C)(C)n1cnnc1-c1ccc(F)c(Cl)c1. The Kier molecular flexibility index (Phi) is 2.91. The summed E-state index contributed by atoms with van der Waals surface area (Å²) >= 11 is 5.76. The van der Waals surface area contributed by atoms with Gasteiger partial charge < -0.3 is 4.57 Å². The Labute approximate surface area is 104 Å². The van der Waals surface area contributed by atoms with Crippen molar-refractivity contribution in [2.75, 3.05) is 0 Å². The minimum absolute atomic E-state index is 0.0889. The Morgan fingerprint density at radius 1 is 1.29 bits per heavy atom. The molecule has 1 aromatic carbocycles. The highest BCUT2D eigenvalue weighted by Crippen LogP contribution is 2.26. The van der Waals surface area contributed by atoms with E-state index >= 15 is 0 Å². The molecule has 2 aromatic rings. The van der Waals surface area contributed by atoms with Gasteiger partial charge in [0, 0.05) is 11.1 Å². The molecule has 0 amide bonds. The van der Waals surface area contributed by atoms with Crippen molar-refractivity contribution in [3.63, 3.8) is 0 Å². The molecule has 0 saturated heterocycles. The van der Waals surface area contributed by atoms with Gasteiger partial charge >= 0.3 is 0 Å². The third-order valence-corrected chi connectivity index (χ3v) is 2.74. The molecule has 0 aliphatic heterocycles. The van der Waals surface area contributed by atoms with E-state index in [9.17, 15) is 4.39 Å². The van der Waals surface area contributed by atoms with Crippen LogP contribution in [-0.2, 0) is 5.54 Å². The smallest absolute Gasteiger partial charge is 0.164 e. The summed E-state index contributed by atoms with van der Waals surface area (Å²) < 4.78 is 15.0. The number of hydrogen-bond donors (Lipinski definition) is 0. The Morgan fingerprint density at radius 3 is 2.59 bits per heavy atom. The van der Waals surface area contributed by atoms with Crippen LogP contribution in [0.1, 0.15) is 20.8 Å². The molecule has 5 heteroatoms. The first kappa shape index (κ1) is 12.0. The lowest BCUT2D eigenvalue weighted by Gasteiger charge is -2.22. The van der Waals surface area contributed by atoms with Crippen molar-refractivity contribution in [1.29, 1.82) is 0 Å². The van der Waals surface area contributed by atoms with Crippen LogP contribution >= 0.6 is 11.6 Å². The molecule has 1 heterocycles. The van der Waals surface area contributed by atoms with Crippen molar-refractivity contribution < 1.29 is 4.39 Å². The van der Waals surface area contributed by atoms with E-state index in [4.69, 9.17) is 11.6 Å². The molecule has 0 aliphatic carbocycles. The predicted octanol–water partition coefficient (Wildman–Crippen LogP) is 3.49. The minimum Gasteiger partial charge on any atom is -0.308 e. The fourth-order valence-electron chi connectivity index (χ4n) is 1.56. The molecule has 1 aromatic heterocycles. The standard InChI is InChI=1S/C12H13ClFN3/c1-12(2,3)17-7-15-16-11(17)8-4-5-10(14)9(13)6-8/h4-7H,1-3H3. The van der Waals surface area contributed by atoms with Crippen LogP contribution in [0, 0.1) is 5.82 Å². The summed E-state index contributed by atoms with van der Waals surface area (Å²) in [6.07, 6.45) is 1.66. The number of aromatic nitrogens is 3. The second-order valence-electron chi connectivity index (χ2n) is 4.82. The molecule has 90 valence electrons. The number of nitrogens with zero attached hydrogens (tertiary/aromatic N) is 3. The normalized spacial score (nSPS) is 11.8. The number of rotatable bonds is 1. The maximum absolute atomic E-state index is 13.1. The first-order valence-electron chi connectivity index (χ1n) is 5.25. The van der Waals surface area contributed by atoms with E-state index in [1.54, 1.807) is 18.5 Å². The van der Waals surface area contributed by atoms with Crippen molar-refractivity contribution in [3.8, 4) is 11.4 Å². The summed E-state index contributed by atoms with van der Waals surface area (Å²) in [4.78, 5) is 0. The molecule has 0 atom stereocenters. The van der Waals surface area contributed by atoms with E-state index < -0.39 is 5.82 Å². The zero-order chi connectivity index (χ0) is 12.6. The molecular formula is C12H13ClFN3. The Morgan fingerprint density at radius 2 is 2.00 bits per heavy atom. The fourth-order valence-corrected chi connectivity index (χ4v) is 1.74. The zero-order valence-corrected chi connectivity index (χ0v) is 10.7. The summed E-state index contributed by atoms with van der Waals surface area (Å²) in [5, 5.41) is 8.04. The highest BCUT2D eigenvalue weighted by atomic mass is 35.5. The van der Waals surface area contributed by atoms with Crippen LogP contribution in [-0.4, -0.2) is 14.8 Å². The van der Waals surface area contributed by atoms with Crippen molar-refractivity contribution in [3.05, 3.63) is 35.4 Å².